The van der Waals surface area contributed by atoms with Gasteiger partial charge in [0.15, 0.2) is 11.5 Å². The van der Waals surface area contributed by atoms with Gasteiger partial charge in [-0.2, -0.15) is 4.73 Å². The summed E-state index contributed by atoms with van der Waals surface area (Å²) in [5, 5.41) is 0. The topological polar surface area (TPSA) is 40.5 Å². The smallest absolute Gasteiger partial charge is 0.361 e. The van der Waals surface area contributed by atoms with Crippen LogP contribution in [0.4, 0.5) is 4.39 Å². The van der Waals surface area contributed by atoms with E-state index in [1.54, 1.807) is 6.92 Å². The molecule has 0 aliphatic rings. The van der Waals surface area contributed by atoms with Crippen molar-refractivity contribution in [1.82, 2.24) is 4.73 Å². The maximum Gasteiger partial charge on any atom is 0.361 e. The van der Waals surface area contributed by atoms with Crippen LogP contribution in [0.5, 0.6) is 0 Å². The van der Waals surface area contributed by atoms with E-state index in [1.807, 2.05) is 0 Å². The highest BCUT2D eigenvalue weighted by atomic mass is 19.1. The highest BCUT2D eigenvalue weighted by Gasteiger charge is 2.19. The lowest BCUT2D eigenvalue weighted by Crippen LogP contribution is -2.20. The van der Waals surface area contributed by atoms with Crippen molar-refractivity contribution in [3.05, 3.63) is 23.8 Å². The Hall–Kier alpha value is -1.52. The van der Waals surface area contributed by atoms with E-state index in [2.05, 4.69) is 6.92 Å². The highest BCUT2D eigenvalue weighted by Crippen LogP contribution is 2.12. The van der Waals surface area contributed by atoms with Crippen molar-refractivity contribution >= 4 is 5.97 Å². The number of carbonyl (C=O) groups is 1. The molecule has 0 bridgehead atoms. The molecule has 0 fully saturated rings. The molecule has 1 aromatic rings. The molecule has 25 heavy (non-hydrogen) atoms. The summed E-state index contributed by atoms with van der Waals surface area (Å²) in [5.41, 5.74) is -0.162. The van der Waals surface area contributed by atoms with Crippen LogP contribution in [0.3, 0.4) is 0 Å². The predicted octanol–water partition coefficient (Wildman–Crippen LogP) is 5.54. The van der Waals surface area contributed by atoms with E-state index in [1.165, 1.54) is 74.8 Å². The van der Waals surface area contributed by atoms with Crippen molar-refractivity contribution in [3.63, 3.8) is 0 Å². The number of esters is 1. The van der Waals surface area contributed by atoms with E-state index in [-0.39, 0.29) is 12.3 Å². The predicted molar refractivity (Wildman–Crippen MR) is 98.3 cm³/mol. The molecule has 0 aliphatic carbocycles. The molecular weight excluding hydrogens is 321 g/mol. The van der Waals surface area contributed by atoms with Gasteiger partial charge in [-0.25, -0.2) is 9.18 Å². The summed E-state index contributed by atoms with van der Waals surface area (Å²) >= 11 is 0. The van der Waals surface area contributed by atoms with E-state index in [4.69, 9.17) is 9.57 Å². The Labute approximate surface area is 151 Å². The first-order valence-electron chi connectivity index (χ1n) is 9.88. The first-order chi connectivity index (χ1) is 12.2. The van der Waals surface area contributed by atoms with Gasteiger partial charge in [0.1, 0.15) is 6.61 Å². The fourth-order valence-electron chi connectivity index (χ4n) is 2.82. The number of rotatable bonds is 15. The van der Waals surface area contributed by atoms with Crippen LogP contribution < -0.4 is 4.84 Å². The van der Waals surface area contributed by atoms with Gasteiger partial charge in [0, 0.05) is 6.20 Å². The SMILES string of the molecule is CCCCCCCCCCCCCOn1ccc(F)c1C(=O)OCC. The second-order valence-corrected chi connectivity index (χ2v) is 6.43. The van der Waals surface area contributed by atoms with Crippen LogP contribution in [0.15, 0.2) is 12.3 Å². The molecule has 144 valence electrons. The molecule has 0 spiro atoms. The molecule has 0 unspecified atom stereocenters. The number of unbranched alkanes of at least 4 members (excludes halogenated alkanes) is 10. The number of aromatic nitrogens is 1. The summed E-state index contributed by atoms with van der Waals surface area (Å²) in [6.45, 7) is 4.61. The molecule has 0 aliphatic heterocycles. The largest absolute Gasteiger partial charge is 0.461 e. The molecule has 0 amide bonds. The molecule has 0 N–H and O–H groups in total. The molecule has 0 saturated carbocycles. The monoisotopic (exact) mass is 355 g/mol. The van der Waals surface area contributed by atoms with Gasteiger partial charge in [-0.3, -0.25) is 0 Å². The van der Waals surface area contributed by atoms with Gasteiger partial charge in [-0.1, -0.05) is 64.7 Å². The molecule has 0 radical (unpaired) electrons. The second-order valence-electron chi connectivity index (χ2n) is 6.43. The maximum atomic E-state index is 13.6. The van der Waals surface area contributed by atoms with Crippen LogP contribution in [0.25, 0.3) is 0 Å². The standard InChI is InChI=1S/C20H34FNO3/c1-3-5-6-7-8-9-10-11-12-13-14-17-25-22-16-15-18(21)19(22)20(23)24-4-2/h15-16H,3-14,17H2,1-2H3. The second kappa shape index (κ2) is 13.7. The minimum atomic E-state index is -0.691. The number of nitrogens with zero attached hydrogens (tertiary/aromatic N) is 1. The van der Waals surface area contributed by atoms with Crippen molar-refractivity contribution in [2.45, 2.75) is 84.5 Å². The lowest BCUT2D eigenvalue weighted by Gasteiger charge is -2.10. The number of hydrogen-bond donors (Lipinski definition) is 0. The molecule has 5 heteroatoms. The quantitative estimate of drug-likeness (QED) is 0.306. The zero-order valence-corrected chi connectivity index (χ0v) is 15.9. The summed E-state index contributed by atoms with van der Waals surface area (Å²) in [7, 11) is 0. The van der Waals surface area contributed by atoms with Crippen LogP contribution in [-0.4, -0.2) is 23.9 Å². The third-order valence-electron chi connectivity index (χ3n) is 4.25. The Morgan fingerprint density at radius 2 is 1.52 bits per heavy atom. The summed E-state index contributed by atoms with van der Waals surface area (Å²) in [6.07, 6.45) is 15.3. The average molecular weight is 355 g/mol. The van der Waals surface area contributed by atoms with Crippen LogP contribution in [0, 0.1) is 5.82 Å². The van der Waals surface area contributed by atoms with Crippen molar-refractivity contribution in [2.24, 2.45) is 0 Å². The average Bonchev–Trinajstić information content (AvgIpc) is 2.97. The molecular formula is C20H34FNO3. The zero-order chi connectivity index (χ0) is 18.3. The third kappa shape index (κ3) is 8.94. The minimum Gasteiger partial charge on any atom is -0.461 e. The first-order valence-corrected chi connectivity index (χ1v) is 9.88. The van der Waals surface area contributed by atoms with Crippen LogP contribution in [0.1, 0.15) is 95.0 Å². The molecule has 1 heterocycles. The van der Waals surface area contributed by atoms with E-state index >= 15 is 0 Å². The lowest BCUT2D eigenvalue weighted by atomic mass is 10.1. The fourth-order valence-corrected chi connectivity index (χ4v) is 2.82. The van der Waals surface area contributed by atoms with E-state index in [0.717, 1.165) is 12.8 Å². The summed E-state index contributed by atoms with van der Waals surface area (Å²) in [4.78, 5) is 17.2. The first kappa shape index (κ1) is 21.5. The molecule has 0 atom stereocenters. The normalized spacial score (nSPS) is 10.8. The zero-order valence-electron chi connectivity index (χ0n) is 15.9. The van der Waals surface area contributed by atoms with Crippen molar-refractivity contribution in [1.29, 1.82) is 0 Å². The fraction of sp³-hybridized carbons (Fsp3) is 0.750. The minimum absolute atomic E-state index is 0.162. The van der Waals surface area contributed by atoms with Crippen molar-refractivity contribution < 1.29 is 18.8 Å². The summed E-state index contributed by atoms with van der Waals surface area (Å²) < 4.78 is 19.7. The lowest BCUT2D eigenvalue weighted by molar-refractivity contribution is 0.0426. The van der Waals surface area contributed by atoms with Gasteiger partial charge in [-0.15, -0.1) is 0 Å². The van der Waals surface area contributed by atoms with E-state index < -0.39 is 11.8 Å². The van der Waals surface area contributed by atoms with Gasteiger partial charge in [0.25, 0.3) is 0 Å². The number of halogens is 1. The summed E-state index contributed by atoms with van der Waals surface area (Å²) in [5.74, 6) is -1.30. The molecule has 4 nitrogen and oxygen atoms in total. The Balaban J connectivity index is 2.06. The molecule has 1 rings (SSSR count). The molecule has 0 saturated heterocycles. The Kier molecular flexibility index (Phi) is 11.8. The van der Waals surface area contributed by atoms with Gasteiger partial charge >= 0.3 is 5.97 Å². The van der Waals surface area contributed by atoms with Crippen LogP contribution in [-0.2, 0) is 4.74 Å². The maximum absolute atomic E-state index is 13.6. The highest BCUT2D eigenvalue weighted by molar-refractivity contribution is 5.87. The van der Waals surface area contributed by atoms with Crippen molar-refractivity contribution in [2.75, 3.05) is 13.2 Å². The van der Waals surface area contributed by atoms with Crippen LogP contribution >= 0.6 is 0 Å². The van der Waals surface area contributed by atoms with Crippen LogP contribution in [0.2, 0.25) is 0 Å². The van der Waals surface area contributed by atoms with Gasteiger partial charge in [-0.05, 0) is 25.8 Å². The van der Waals surface area contributed by atoms with Gasteiger partial charge < -0.3 is 9.57 Å². The number of carbonyl (C=O) groups excluding carboxylic acids is 1. The Morgan fingerprint density at radius 1 is 0.960 bits per heavy atom. The Morgan fingerprint density at radius 3 is 2.08 bits per heavy atom. The van der Waals surface area contributed by atoms with Gasteiger partial charge in [0.2, 0.25) is 0 Å². The number of hydrogen-bond acceptors (Lipinski definition) is 3. The molecule has 1 aromatic heterocycles. The third-order valence-corrected chi connectivity index (χ3v) is 4.25. The van der Waals surface area contributed by atoms with E-state index in [0.29, 0.717) is 6.61 Å². The Bertz CT molecular complexity index is 474. The number of ether oxygens (including phenoxy) is 1. The van der Waals surface area contributed by atoms with Gasteiger partial charge in [0.05, 0.1) is 6.61 Å². The molecule has 0 aromatic carbocycles. The summed E-state index contributed by atoms with van der Waals surface area (Å²) in [6, 6.07) is 1.22. The van der Waals surface area contributed by atoms with E-state index in [9.17, 15) is 9.18 Å². The van der Waals surface area contributed by atoms with Crippen molar-refractivity contribution in [3.8, 4) is 0 Å².